The number of carbonyl (C=O) groups is 1. The predicted molar refractivity (Wildman–Crippen MR) is 87.0 cm³/mol. The molecule has 3 rings (SSSR count). The fourth-order valence-corrected chi connectivity index (χ4v) is 2.56. The molecule has 0 aliphatic carbocycles. The number of nitrogens with one attached hydrogen (secondary N) is 1. The number of fused-ring (bicyclic) bond motifs is 1. The number of aromatic nitrogens is 2. The minimum atomic E-state index is 0.0227. The van der Waals surface area contributed by atoms with Crippen LogP contribution in [0.25, 0.3) is 0 Å². The highest BCUT2D eigenvalue weighted by atomic mass is 79.9. The van der Waals surface area contributed by atoms with E-state index in [1.54, 1.807) is 18.2 Å². The highest BCUT2D eigenvalue weighted by molar-refractivity contribution is 9.10. The number of hydrogen-bond donors (Lipinski definition) is 1. The molecule has 2 aromatic rings. The van der Waals surface area contributed by atoms with Crippen molar-refractivity contribution < 1.29 is 9.53 Å². The molecule has 6 nitrogen and oxygen atoms in total. The number of anilines is 2. The molecule has 1 aliphatic heterocycles. The Bertz CT molecular complexity index is 690. The van der Waals surface area contributed by atoms with Crippen LogP contribution >= 0.6 is 15.9 Å². The molecule has 0 fully saturated rings. The Balaban J connectivity index is 1.93. The fourth-order valence-electron chi connectivity index (χ4n) is 2.29. The van der Waals surface area contributed by atoms with Gasteiger partial charge in [0.2, 0.25) is 5.91 Å². The number of nitrogens with zero attached hydrogens (tertiary/aromatic N) is 3. The van der Waals surface area contributed by atoms with Crippen molar-refractivity contribution in [2.24, 2.45) is 0 Å². The van der Waals surface area contributed by atoms with E-state index < -0.39 is 0 Å². The van der Waals surface area contributed by atoms with Gasteiger partial charge in [0.05, 0.1) is 19.9 Å². The van der Waals surface area contributed by atoms with Crippen molar-refractivity contribution in [2.45, 2.75) is 13.0 Å². The van der Waals surface area contributed by atoms with Crippen molar-refractivity contribution in [3.63, 3.8) is 0 Å². The van der Waals surface area contributed by atoms with Crippen molar-refractivity contribution in [2.75, 3.05) is 23.9 Å². The van der Waals surface area contributed by atoms with Crippen molar-refractivity contribution in [1.82, 2.24) is 9.97 Å². The summed E-state index contributed by atoms with van der Waals surface area (Å²) in [6, 6.07) is 7.64. The van der Waals surface area contributed by atoms with Crippen molar-refractivity contribution in [3.8, 4) is 5.75 Å². The van der Waals surface area contributed by atoms with E-state index in [1.807, 2.05) is 24.3 Å². The molecule has 1 aliphatic rings. The molecule has 0 bridgehead atoms. The molecule has 0 saturated heterocycles. The molecular weight excluding hydrogens is 348 g/mol. The Labute approximate surface area is 136 Å². The molecule has 1 N–H and O–H groups in total. The Kier molecular flexibility index (Phi) is 4.24. The largest absolute Gasteiger partial charge is 0.497 e. The first kappa shape index (κ1) is 14.8. The van der Waals surface area contributed by atoms with Gasteiger partial charge in [0.25, 0.3) is 0 Å². The van der Waals surface area contributed by atoms with Gasteiger partial charge in [0, 0.05) is 13.0 Å². The van der Waals surface area contributed by atoms with E-state index in [1.165, 1.54) is 0 Å². The van der Waals surface area contributed by atoms with Gasteiger partial charge in [-0.1, -0.05) is 12.1 Å². The number of halogens is 1. The maximum absolute atomic E-state index is 12.4. The van der Waals surface area contributed by atoms with Crippen LogP contribution in [-0.2, 0) is 11.3 Å². The number of methoxy groups -OCH3 is 1. The van der Waals surface area contributed by atoms with E-state index >= 15 is 0 Å². The zero-order valence-electron chi connectivity index (χ0n) is 12.0. The molecule has 0 unspecified atom stereocenters. The van der Waals surface area contributed by atoms with E-state index in [2.05, 4.69) is 31.2 Å². The Hall–Kier alpha value is -2.15. The third-order valence-electron chi connectivity index (χ3n) is 3.41. The van der Waals surface area contributed by atoms with Crippen LogP contribution in [0.4, 0.5) is 11.6 Å². The van der Waals surface area contributed by atoms with E-state index in [9.17, 15) is 4.79 Å². The smallest absolute Gasteiger partial charge is 0.230 e. The lowest BCUT2D eigenvalue weighted by atomic mass is 10.2. The van der Waals surface area contributed by atoms with Gasteiger partial charge in [-0.15, -0.1) is 0 Å². The average molecular weight is 363 g/mol. The first-order valence-electron chi connectivity index (χ1n) is 6.87. The normalized spacial score (nSPS) is 14.1. The van der Waals surface area contributed by atoms with Crippen molar-refractivity contribution in [1.29, 1.82) is 0 Å². The van der Waals surface area contributed by atoms with Crippen LogP contribution < -0.4 is 15.0 Å². The SMILES string of the molecule is COc1ccc(CN2C(=O)CCNc3ncc(Br)nc32)cc1. The van der Waals surface area contributed by atoms with E-state index in [4.69, 9.17) is 4.74 Å². The van der Waals surface area contributed by atoms with Crippen molar-refractivity contribution in [3.05, 3.63) is 40.6 Å². The predicted octanol–water partition coefficient (Wildman–Crippen LogP) is 2.60. The molecule has 0 radical (unpaired) electrons. The van der Waals surface area contributed by atoms with Gasteiger partial charge < -0.3 is 10.1 Å². The van der Waals surface area contributed by atoms with Crippen LogP contribution in [0, 0.1) is 0 Å². The third kappa shape index (κ3) is 3.04. The molecular formula is C15H15BrN4O2. The summed E-state index contributed by atoms with van der Waals surface area (Å²) in [5, 5.41) is 3.14. The van der Waals surface area contributed by atoms with Gasteiger partial charge in [-0.3, -0.25) is 9.69 Å². The molecule has 22 heavy (non-hydrogen) atoms. The lowest BCUT2D eigenvalue weighted by Gasteiger charge is -2.21. The van der Waals surface area contributed by atoms with Gasteiger partial charge in [0.15, 0.2) is 11.6 Å². The maximum atomic E-state index is 12.4. The Morgan fingerprint density at radius 3 is 2.86 bits per heavy atom. The summed E-state index contributed by atoms with van der Waals surface area (Å²) in [5.74, 6) is 1.99. The highest BCUT2D eigenvalue weighted by Crippen LogP contribution is 2.28. The lowest BCUT2D eigenvalue weighted by Crippen LogP contribution is -2.30. The number of ether oxygens (including phenoxy) is 1. The van der Waals surface area contributed by atoms with Crippen LogP contribution in [0.2, 0.25) is 0 Å². The number of amides is 1. The zero-order valence-corrected chi connectivity index (χ0v) is 13.6. The summed E-state index contributed by atoms with van der Waals surface area (Å²) in [5.41, 5.74) is 1.00. The third-order valence-corrected chi connectivity index (χ3v) is 3.79. The van der Waals surface area contributed by atoms with Crippen LogP contribution in [0.15, 0.2) is 35.1 Å². The summed E-state index contributed by atoms with van der Waals surface area (Å²) >= 11 is 3.31. The second-order valence-electron chi connectivity index (χ2n) is 4.87. The number of hydrogen-bond acceptors (Lipinski definition) is 5. The maximum Gasteiger partial charge on any atom is 0.230 e. The first-order chi connectivity index (χ1) is 10.7. The van der Waals surface area contributed by atoms with Crippen LogP contribution in [0.5, 0.6) is 5.75 Å². The molecule has 0 saturated carbocycles. The fraction of sp³-hybridized carbons (Fsp3) is 0.267. The van der Waals surface area contributed by atoms with E-state index in [0.717, 1.165) is 11.3 Å². The number of benzene rings is 1. The molecule has 1 aromatic heterocycles. The average Bonchev–Trinajstić information content (AvgIpc) is 2.68. The second-order valence-corrected chi connectivity index (χ2v) is 5.68. The summed E-state index contributed by atoms with van der Waals surface area (Å²) in [4.78, 5) is 22.8. The van der Waals surface area contributed by atoms with E-state index in [0.29, 0.717) is 35.7 Å². The second kappa shape index (κ2) is 6.31. The summed E-state index contributed by atoms with van der Waals surface area (Å²) < 4.78 is 5.75. The monoisotopic (exact) mass is 362 g/mol. The van der Waals surface area contributed by atoms with Gasteiger partial charge in [-0.2, -0.15) is 0 Å². The van der Waals surface area contributed by atoms with Gasteiger partial charge >= 0.3 is 0 Å². The standard InChI is InChI=1S/C15H15BrN4O2/c1-22-11-4-2-10(3-5-11)9-20-13(21)6-7-17-14-15(20)19-12(16)8-18-14/h2-5,8H,6-7,9H2,1H3,(H,17,18). The molecule has 1 amide bonds. The lowest BCUT2D eigenvalue weighted by molar-refractivity contribution is -0.118. The van der Waals surface area contributed by atoms with Gasteiger partial charge in [0.1, 0.15) is 10.4 Å². The summed E-state index contributed by atoms with van der Waals surface area (Å²) in [6.07, 6.45) is 2.03. The highest BCUT2D eigenvalue weighted by Gasteiger charge is 2.24. The first-order valence-corrected chi connectivity index (χ1v) is 7.66. The summed E-state index contributed by atoms with van der Waals surface area (Å²) in [7, 11) is 1.63. The molecule has 114 valence electrons. The Morgan fingerprint density at radius 1 is 1.36 bits per heavy atom. The van der Waals surface area contributed by atoms with E-state index in [-0.39, 0.29) is 5.91 Å². The van der Waals surface area contributed by atoms with Crippen LogP contribution in [0.1, 0.15) is 12.0 Å². The van der Waals surface area contributed by atoms with Gasteiger partial charge in [-0.25, -0.2) is 9.97 Å². The van der Waals surface area contributed by atoms with Crippen LogP contribution in [0.3, 0.4) is 0 Å². The molecule has 2 heterocycles. The molecule has 1 aromatic carbocycles. The minimum Gasteiger partial charge on any atom is -0.497 e. The molecule has 0 spiro atoms. The summed E-state index contributed by atoms with van der Waals surface area (Å²) in [6.45, 7) is 1.00. The number of carbonyl (C=O) groups excluding carboxylic acids is 1. The topological polar surface area (TPSA) is 67.3 Å². The van der Waals surface area contributed by atoms with Crippen molar-refractivity contribution >= 4 is 33.5 Å². The quantitative estimate of drug-likeness (QED) is 0.908. The van der Waals surface area contributed by atoms with Crippen LogP contribution in [-0.4, -0.2) is 29.5 Å². The zero-order chi connectivity index (χ0) is 15.5. The Morgan fingerprint density at radius 2 is 2.14 bits per heavy atom. The number of rotatable bonds is 3. The molecule has 7 heteroatoms. The molecule has 0 atom stereocenters. The minimum absolute atomic E-state index is 0.0227. The van der Waals surface area contributed by atoms with Gasteiger partial charge in [-0.05, 0) is 33.6 Å².